The van der Waals surface area contributed by atoms with Crippen LogP contribution in [0.4, 0.5) is 0 Å². The minimum atomic E-state index is -1.07. The van der Waals surface area contributed by atoms with E-state index in [1.807, 2.05) is 13.8 Å². The van der Waals surface area contributed by atoms with Crippen LogP contribution in [0.2, 0.25) is 0 Å². The van der Waals surface area contributed by atoms with Crippen LogP contribution in [0.3, 0.4) is 0 Å². The van der Waals surface area contributed by atoms with E-state index in [0.29, 0.717) is 29.7 Å². The Hall–Kier alpha value is -2.83. The van der Waals surface area contributed by atoms with Gasteiger partial charge in [0.05, 0.1) is 0 Å². The molecule has 1 aromatic heterocycles. The van der Waals surface area contributed by atoms with Crippen molar-refractivity contribution >= 4 is 22.8 Å². The average molecular weight is 375 g/mol. The molecule has 2 aromatic rings. The number of unbranched alkanes of at least 4 members (excludes halogenated alkanes) is 1. The standard InChI is InChI=1S/C20H25NO6/c1-5-6-7-16(19(23)24)21-18(22)13(4)26-14-8-9-15-11(2)12(3)20(25)27-17(15)10-14/h8-10,13,16H,5-7H2,1-4H3,(H,21,22)(H,23,24)/t13-,16+/m0/s1. The van der Waals surface area contributed by atoms with E-state index in [9.17, 15) is 19.5 Å². The molecule has 2 N–H and O–H groups in total. The summed E-state index contributed by atoms with van der Waals surface area (Å²) >= 11 is 0. The lowest BCUT2D eigenvalue weighted by atomic mass is 10.1. The molecule has 0 saturated heterocycles. The minimum absolute atomic E-state index is 0.358. The number of aliphatic carboxylic acids is 1. The first kappa shape index (κ1) is 20.5. The Bertz CT molecular complexity index is 901. The molecule has 1 amide bonds. The third kappa shape index (κ3) is 4.87. The van der Waals surface area contributed by atoms with E-state index >= 15 is 0 Å². The third-order valence-corrected chi connectivity index (χ3v) is 4.57. The van der Waals surface area contributed by atoms with Crippen LogP contribution >= 0.6 is 0 Å². The van der Waals surface area contributed by atoms with E-state index in [0.717, 1.165) is 17.4 Å². The number of carbonyl (C=O) groups is 2. The molecule has 0 aliphatic rings. The predicted octanol–water partition coefficient (Wildman–Crippen LogP) is 2.94. The first-order valence-corrected chi connectivity index (χ1v) is 8.98. The second-order valence-electron chi connectivity index (χ2n) is 6.60. The molecule has 7 heteroatoms. The zero-order valence-corrected chi connectivity index (χ0v) is 16.0. The molecule has 0 saturated carbocycles. The number of nitrogens with one attached hydrogen (secondary N) is 1. The molecule has 0 fully saturated rings. The summed E-state index contributed by atoms with van der Waals surface area (Å²) in [4.78, 5) is 35.4. The highest BCUT2D eigenvalue weighted by Gasteiger charge is 2.23. The molecule has 2 rings (SSSR count). The fourth-order valence-corrected chi connectivity index (χ4v) is 2.71. The molecule has 1 aromatic carbocycles. The number of fused-ring (bicyclic) bond motifs is 1. The van der Waals surface area contributed by atoms with Crippen LogP contribution in [0.25, 0.3) is 11.0 Å². The van der Waals surface area contributed by atoms with E-state index in [1.54, 1.807) is 25.1 Å². The van der Waals surface area contributed by atoms with Gasteiger partial charge in [-0.15, -0.1) is 0 Å². The summed E-state index contributed by atoms with van der Waals surface area (Å²) in [5, 5.41) is 12.5. The first-order valence-electron chi connectivity index (χ1n) is 8.98. The maximum Gasteiger partial charge on any atom is 0.339 e. The van der Waals surface area contributed by atoms with Gasteiger partial charge in [-0.05, 0) is 44.9 Å². The highest BCUT2D eigenvalue weighted by molar-refractivity contribution is 5.86. The highest BCUT2D eigenvalue weighted by atomic mass is 16.5. The zero-order chi connectivity index (χ0) is 20.1. The van der Waals surface area contributed by atoms with Crippen LogP contribution in [-0.4, -0.2) is 29.1 Å². The number of ether oxygens (including phenoxy) is 1. The second kappa shape index (κ2) is 8.70. The van der Waals surface area contributed by atoms with E-state index in [1.165, 1.54) is 6.92 Å². The van der Waals surface area contributed by atoms with Crippen molar-refractivity contribution in [3.05, 3.63) is 39.7 Å². The summed E-state index contributed by atoms with van der Waals surface area (Å²) in [6.07, 6.45) is 1.01. The molecular formula is C20H25NO6. The maximum absolute atomic E-state index is 12.3. The van der Waals surface area contributed by atoms with Crippen LogP contribution in [0.15, 0.2) is 27.4 Å². The number of amides is 1. The minimum Gasteiger partial charge on any atom is -0.481 e. The van der Waals surface area contributed by atoms with Gasteiger partial charge in [-0.1, -0.05) is 19.8 Å². The summed E-state index contributed by atoms with van der Waals surface area (Å²) in [6, 6.07) is 4.06. The van der Waals surface area contributed by atoms with Gasteiger partial charge in [0.25, 0.3) is 5.91 Å². The van der Waals surface area contributed by atoms with Gasteiger partial charge in [0.1, 0.15) is 17.4 Å². The number of aryl methyl sites for hydroxylation is 1. The fourth-order valence-electron chi connectivity index (χ4n) is 2.71. The Morgan fingerprint density at radius 2 is 1.96 bits per heavy atom. The number of rotatable bonds is 8. The molecule has 0 aliphatic heterocycles. The van der Waals surface area contributed by atoms with Crippen molar-refractivity contribution in [3.8, 4) is 5.75 Å². The normalized spacial score (nSPS) is 13.2. The molecule has 146 valence electrons. The van der Waals surface area contributed by atoms with Crippen molar-refractivity contribution in [2.24, 2.45) is 0 Å². The van der Waals surface area contributed by atoms with Crippen molar-refractivity contribution in [2.45, 2.75) is 59.1 Å². The smallest absolute Gasteiger partial charge is 0.339 e. The first-order chi connectivity index (χ1) is 12.7. The van der Waals surface area contributed by atoms with Crippen molar-refractivity contribution in [2.75, 3.05) is 0 Å². The van der Waals surface area contributed by atoms with Crippen molar-refractivity contribution < 1.29 is 23.8 Å². The van der Waals surface area contributed by atoms with Gasteiger partial charge >= 0.3 is 11.6 Å². The molecule has 0 radical (unpaired) electrons. The van der Waals surface area contributed by atoms with Crippen LogP contribution in [0, 0.1) is 13.8 Å². The van der Waals surface area contributed by atoms with Crippen LogP contribution in [0.5, 0.6) is 5.75 Å². The number of carboxylic acid groups (broad SMARTS) is 1. The molecule has 1 heterocycles. The lowest BCUT2D eigenvalue weighted by Gasteiger charge is -2.19. The lowest BCUT2D eigenvalue weighted by Crippen LogP contribution is -2.46. The lowest BCUT2D eigenvalue weighted by molar-refractivity contribution is -0.143. The molecule has 7 nitrogen and oxygen atoms in total. The predicted molar refractivity (Wildman–Crippen MR) is 101 cm³/mol. The Morgan fingerprint density at radius 3 is 2.59 bits per heavy atom. The van der Waals surface area contributed by atoms with Gasteiger partial charge in [0.15, 0.2) is 6.10 Å². The van der Waals surface area contributed by atoms with Crippen molar-refractivity contribution in [1.29, 1.82) is 0 Å². The number of benzene rings is 1. The summed E-state index contributed by atoms with van der Waals surface area (Å²) in [5.74, 6) is -1.22. The van der Waals surface area contributed by atoms with E-state index in [4.69, 9.17) is 9.15 Å². The molecule has 27 heavy (non-hydrogen) atoms. The Labute approximate surface area is 157 Å². The summed E-state index contributed by atoms with van der Waals surface area (Å²) in [6.45, 7) is 7.03. The van der Waals surface area contributed by atoms with E-state index in [-0.39, 0.29) is 0 Å². The number of hydrogen-bond acceptors (Lipinski definition) is 5. The van der Waals surface area contributed by atoms with Crippen molar-refractivity contribution in [1.82, 2.24) is 5.32 Å². The van der Waals surface area contributed by atoms with Crippen LogP contribution < -0.4 is 15.7 Å². The summed E-state index contributed by atoms with van der Waals surface area (Å²) < 4.78 is 10.9. The fraction of sp³-hybridized carbons (Fsp3) is 0.450. The average Bonchev–Trinajstić information content (AvgIpc) is 2.62. The maximum atomic E-state index is 12.3. The van der Waals surface area contributed by atoms with E-state index in [2.05, 4.69) is 5.32 Å². The largest absolute Gasteiger partial charge is 0.481 e. The van der Waals surface area contributed by atoms with Gasteiger partial charge < -0.3 is 19.6 Å². The highest BCUT2D eigenvalue weighted by Crippen LogP contribution is 2.24. The Morgan fingerprint density at radius 1 is 1.26 bits per heavy atom. The topological polar surface area (TPSA) is 106 Å². The molecule has 0 spiro atoms. The summed E-state index contributed by atoms with van der Waals surface area (Å²) in [5.41, 5.74) is 1.34. The van der Waals surface area contributed by atoms with Gasteiger partial charge in [0.2, 0.25) is 0 Å². The summed E-state index contributed by atoms with van der Waals surface area (Å²) in [7, 11) is 0. The quantitative estimate of drug-likeness (QED) is 0.687. The van der Waals surface area contributed by atoms with Crippen LogP contribution in [-0.2, 0) is 9.59 Å². The molecule has 0 unspecified atom stereocenters. The Balaban J connectivity index is 2.13. The molecular weight excluding hydrogens is 350 g/mol. The zero-order valence-electron chi connectivity index (χ0n) is 16.0. The molecule has 2 atom stereocenters. The number of hydrogen-bond donors (Lipinski definition) is 2. The molecule has 0 bridgehead atoms. The number of carboxylic acids is 1. The third-order valence-electron chi connectivity index (χ3n) is 4.57. The number of carbonyl (C=O) groups excluding carboxylic acids is 1. The Kier molecular flexibility index (Phi) is 6.60. The van der Waals surface area contributed by atoms with Gasteiger partial charge in [-0.2, -0.15) is 0 Å². The SMILES string of the molecule is CCCC[C@@H](NC(=O)[C@H](C)Oc1ccc2c(C)c(C)c(=O)oc2c1)C(=O)O. The van der Waals surface area contributed by atoms with Crippen LogP contribution in [0.1, 0.15) is 44.2 Å². The van der Waals surface area contributed by atoms with Gasteiger partial charge in [0, 0.05) is 17.0 Å². The molecule has 0 aliphatic carbocycles. The second-order valence-corrected chi connectivity index (χ2v) is 6.60. The van der Waals surface area contributed by atoms with Crippen molar-refractivity contribution in [3.63, 3.8) is 0 Å². The monoisotopic (exact) mass is 375 g/mol. The van der Waals surface area contributed by atoms with Gasteiger partial charge in [-0.3, -0.25) is 4.79 Å². The van der Waals surface area contributed by atoms with Gasteiger partial charge in [-0.25, -0.2) is 9.59 Å². The van der Waals surface area contributed by atoms with E-state index < -0.39 is 29.6 Å².